The van der Waals surface area contributed by atoms with Crippen LogP contribution in [0.3, 0.4) is 0 Å². The third-order valence-corrected chi connectivity index (χ3v) is 3.14. The molecule has 0 saturated heterocycles. The molecule has 0 rings (SSSR count). The van der Waals surface area contributed by atoms with E-state index in [9.17, 15) is 0 Å². The summed E-state index contributed by atoms with van der Waals surface area (Å²) in [4.78, 5) is 0. The Labute approximate surface area is 70.8 Å². The molecule has 0 aliphatic rings. The van der Waals surface area contributed by atoms with Crippen molar-refractivity contribution in [3.63, 3.8) is 0 Å². The smallest absolute Gasteiger partial charge is 0.0484 e. The molecule has 1 N–H and O–H groups in total. The molecule has 1 nitrogen and oxygen atoms in total. The summed E-state index contributed by atoms with van der Waals surface area (Å²) in [7, 11) is 0. The van der Waals surface area contributed by atoms with Crippen LogP contribution in [0.5, 0.6) is 0 Å². The first-order valence-electron chi connectivity index (χ1n) is 4.56. The molecule has 0 aliphatic carbocycles. The van der Waals surface area contributed by atoms with Crippen molar-refractivity contribution in [3.05, 3.63) is 0 Å². The fourth-order valence-electron chi connectivity index (χ4n) is 1.27. The van der Waals surface area contributed by atoms with Gasteiger partial charge in [0.15, 0.2) is 0 Å². The van der Waals surface area contributed by atoms with E-state index in [0.717, 1.165) is 0 Å². The van der Waals surface area contributed by atoms with Gasteiger partial charge in [0.05, 0.1) is 0 Å². The second-order valence-electron chi connectivity index (χ2n) is 4.32. The largest absolute Gasteiger partial charge is 0.396 e. The van der Waals surface area contributed by atoms with Gasteiger partial charge in [-0.3, -0.25) is 0 Å². The van der Waals surface area contributed by atoms with E-state index < -0.39 is 0 Å². The van der Waals surface area contributed by atoms with Crippen LogP contribution in [0.25, 0.3) is 0 Å². The molecule has 2 unspecified atom stereocenters. The van der Waals surface area contributed by atoms with E-state index in [1.54, 1.807) is 0 Å². The van der Waals surface area contributed by atoms with Crippen LogP contribution in [0.1, 0.15) is 41.0 Å². The van der Waals surface area contributed by atoms with Gasteiger partial charge in [0.25, 0.3) is 0 Å². The van der Waals surface area contributed by atoms with E-state index in [4.69, 9.17) is 5.11 Å². The predicted molar refractivity (Wildman–Crippen MR) is 49.5 cm³/mol. The fraction of sp³-hybridized carbons (Fsp3) is 1.00. The maximum Gasteiger partial charge on any atom is 0.0484 e. The number of rotatable bonds is 4. The second kappa shape index (κ2) is 4.10. The molecular formula is C10H22O. The molecule has 1 heteroatoms. The highest BCUT2D eigenvalue weighted by molar-refractivity contribution is 4.77. The number of hydrogen-bond acceptors (Lipinski definition) is 1. The molecular weight excluding hydrogens is 136 g/mol. The van der Waals surface area contributed by atoms with E-state index in [1.807, 2.05) is 0 Å². The normalized spacial score (nSPS) is 18.0. The van der Waals surface area contributed by atoms with Crippen molar-refractivity contribution in [2.45, 2.75) is 41.0 Å². The molecule has 68 valence electrons. The lowest BCUT2D eigenvalue weighted by Crippen LogP contribution is -2.30. The first-order chi connectivity index (χ1) is 4.95. The van der Waals surface area contributed by atoms with E-state index >= 15 is 0 Å². The molecule has 0 aromatic rings. The van der Waals surface area contributed by atoms with Crippen LogP contribution in [-0.2, 0) is 0 Å². The van der Waals surface area contributed by atoms with Gasteiger partial charge in [-0.25, -0.2) is 0 Å². The van der Waals surface area contributed by atoms with Gasteiger partial charge in [0.1, 0.15) is 0 Å². The molecule has 0 saturated carbocycles. The Morgan fingerprint density at radius 2 is 1.73 bits per heavy atom. The first kappa shape index (κ1) is 11.0. The minimum Gasteiger partial charge on any atom is -0.396 e. The Kier molecular flexibility index (Phi) is 4.09. The van der Waals surface area contributed by atoms with Crippen LogP contribution in [0.2, 0.25) is 0 Å². The lowest BCUT2D eigenvalue weighted by Gasteiger charge is -2.33. The monoisotopic (exact) mass is 158 g/mol. The summed E-state index contributed by atoms with van der Waals surface area (Å²) in [6, 6.07) is 0. The standard InChI is InChI=1S/C10H22O/c1-6-8(2)9(3)10(4,5)7-11/h8-9,11H,6-7H2,1-5H3. The maximum atomic E-state index is 9.11. The zero-order valence-electron chi connectivity index (χ0n) is 8.52. The van der Waals surface area contributed by atoms with Crippen LogP contribution < -0.4 is 0 Å². The summed E-state index contributed by atoms with van der Waals surface area (Å²) in [5.41, 5.74) is 0.0788. The number of aliphatic hydroxyl groups excluding tert-OH is 1. The van der Waals surface area contributed by atoms with Crippen LogP contribution in [0.4, 0.5) is 0 Å². The Balaban J connectivity index is 4.10. The molecule has 0 fully saturated rings. The molecule has 2 atom stereocenters. The molecule has 0 aromatic carbocycles. The molecule has 0 radical (unpaired) electrons. The average molecular weight is 158 g/mol. The van der Waals surface area contributed by atoms with Crippen molar-refractivity contribution in [3.8, 4) is 0 Å². The summed E-state index contributed by atoms with van der Waals surface area (Å²) in [5.74, 6) is 1.30. The third kappa shape index (κ3) is 2.82. The SMILES string of the molecule is CCC(C)C(C)C(C)(C)CO. The van der Waals surface area contributed by atoms with Crippen molar-refractivity contribution < 1.29 is 5.11 Å². The second-order valence-corrected chi connectivity index (χ2v) is 4.32. The molecule has 0 heterocycles. The lowest BCUT2D eigenvalue weighted by molar-refractivity contribution is 0.0744. The minimum atomic E-state index is 0.0788. The molecule has 0 spiro atoms. The Morgan fingerprint density at radius 1 is 1.27 bits per heavy atom. The fourth-order valence-corrected chi connectivity index (χ4v) is 1.27. The van der Waals surface area contributed by atoms with Crippen molar-refractivity contribution in [1.29, 1.82) is 0 Å². The van der Waals surface area contributed by atoms with E-state index in [2.05, 4.69) is 34.6 Å². The Hall–Kier alpha value is -0.0400. The number of hydrogen-bond donors (Lipinski definition) is 1. The summed E-state index contributed by atoms with van der Waals surface area (Å²) >= 11 is 0. The topological polar surface area (TPSA) is 20.2 Å². The molecule has 0 aromatic heterocycles. The zero-order chi connectivity index (χ0) is 9.07. The highest BCUT2D eigenvalue weighted by atomic mass is 16.3. The predicted octanol–water partition coefficient (Wildman–Crippen LogP) is 2.69. The Bertz CT molecular complexity index is 107. The van der Waals surface area contributed by atoms with Crippen molar-refractivity contribution >= 4 is 0 Å². The van der Waals surface area contributed by atoms with Crippen molar-refractivity contribution in [2.24, 2.45) is 17.3 Å². The highest BCUT2D eigenvalue weighted by Gasteiger charge is 2.28. The van der Waals surface area contributed by atoms with Gasteiger partial charge in [-0.05, 0) is 17.3 Å². The van der Waals surface area contributed by atoms with Gasteiger partial charge in [0, 0.05) is 6.61 Å². The molecule has 11 heavy (non-hydrogen) atoms. The maximum absolute atomic E-state index is 9.11. The first-order valence-corrected chi connectivity index (χ1v) is 4.56. The van der Waals surface area contributed by atoms with Crippen LogP contribution in [0.15, 0.2) is 0 Å². The van der Waals surface area contributed by atoms with Gasteiger partial charge in [-0.15, -0.1) is 0 Å². The number of aliphatic hydroxyl groups is 1. The summed E-state index contributed by atoms with van der Waals surface area (Å²) < 4.78 is 0. The summed E-state index contributed by atoms with van der Waals surface area (Å²) in [6.07, 6.45) is 1.20. The van der Waals surface area contributed by atoms with Crippen LogP contribution >= 0.6 is 0 Å². The van der Waals surface area contributed by atoms with Crippen LogP contribution in [-0.4, -0.2) is 11.7 Å². The van der Waals surface area contributed by atoms with Gasteiger partial charge < -0.3 is 5.11 Å². The lowest BCUT2D eigenvalue weighted by atomic mass is 9.73. The Morgan fingerprint density at radius 3 is 2.00 bits per heavy atom. The minimum absolute atomic E-state index is 0.0788. The van der Waals surface area contributed by atoms with Gasteiger partial charge >= 0.3 is 0 Å². The third-order valence-electron chi connectivity index (χ3n) is 3.14. The molecule has 0 bridgehead atoms. The summed E-state index contributed by atoms with van der Waals surface area (Å²) in [5, 5.41) is 9.11. The highest BCUT2D eigenvalue weighted by Crippen LogP contribution is 2.32. The average Bonchev–Trinajstić information content (AvgIpc) is 2.01. The summed E-state index contributed by atoms with van der Waals surface area (Å²) in [6.45, 7) is 11.2. The van der Waals surface area contributed by atoms with Crippen molar-refractivity contribution in [1.82, 2.24) is 0 Å². The zero-order valence-corrected chi connectivity index (χ0v) is 8.52. The quantitative estimate of drug-likeness (QED) is 0.667. The van der Waals surface area contributed by atoms with Crippen LogP contribution in [0, 0.1) is 17.3 Å². The van der Waals surface area contributed by atoms with Crippen molar-refractivity contribution in [2.75, 3.05) is 6.61 Å². The van der Waals surface area contributed by atoms with E-state index in [0.29, 0.717) is 18.4 Å². The van der Waals surface area contributed by atoms with E-state index in [-0.39, 0.29) is 5.41 Å². The van der Waals surface area contributed by atoms with Gasteiger partial charge in [-0.2, -0.15) is 0 Å². The van der Waals surface area contributed by atoms with Gasteiger partial charge in [-0.1, -0.05) is 41.0 Å². The van der Waals surface area contributed by atoms with E-state index in [1.165, 1.54) is 6.42 Å². The van der Waals surface area contributed by atoms with Gasteiger partial charge in [0.2, 0.25) is 0 Å². The molecule has 0 amide bonds. The molecule has 0 aliphatic heterocycles.